The van der Waals surface area contributed by atoms with Crippen molar-refractivity contribution in [2.24, 2.45) is 11.3 Å². The molecule has 0 radical (unpaired) electrons. The fraction of sp³-hybridized carbons (Fsp3) is 0.667. The fourth-order valence-corrected chi connectivity index (χ4v) is 3.34. The highest BCUT2D eigenvalue weighted by Crippen LogP contribution is 2.37. The molecule has 0 aromatic carbocycles. The largest absolute Gasteiger partial charge is 0.382 e. The lowest BCUT2D eigenvalue weighted by atomic mass is 9.77. The Kier molecular flexibility index (Phi) is 4.70. The first-order valence-corrected chi connectivity index (χ1v) is 7.91. The van der Waals surface area contributed by atoms with Crippen molar-refractivity contribution < 1.29 is 0 Å². The molecule has 0 bridgehead atoms. The average Bonchev–Trinajstić information content (AvgIpc) is 2.59. The average molecular weight is 316 g/mol. The maximum atomic E-state index is 6.27. The zero-order chi connectivity index (χ0) is 14.9. The van der Waals surface area contributed by atoms with Crippen LogP contribution >= 0.6 is 23.2 Å². The van der Waals surface area contributed by atoms with Crippen LogP contribution in [-0.4, -0.2) is 18.1 Å². The van der Waals surface area contributed by atoms with Crippen LogP contribution < -0.4 is 10.6 Å². The standard InChI is InChI=1S/C15H23Cl2N3/c1-15(2,3)10-5-4-7-20(8-6-10)14-12(17)9-11(16)13(18)19-14/h9-10H,4-8H2,1-3H3,(H2,18,19). The molecule has 0 spiro atoms. The van der Waals surface area contributed by atoms with Gasteiger partial charge in [-0.05, 0) is 36.7 Å². The SMILES string of the molecule is CC(C)(C)C1CCCN(c2nc(N)c(Cl)cc2Cl)CC1. The Morgan fingerprint density at radius 1 is 1.20 bits per heavy atom. The molecule has 20 heavy (non-hydrogen) atoms. The second-order valence-electron chi connectivity index (χ2n) is 6.64. The predicted molar refractivity (Wildman–Crippen MR) is 87.7 cm³/mol. The first-order chi connectivity index (χ1) is 9.29. The van der Waals surface area contributed by atoms with Crippen LogP contribution in [0.4, 0.5) is 11.6 Å². The van der Waals surface area contributed by atoms with Crippen molar-refractivity contribution in [2.75, 3.05) is 23.7 Å². The summed E-state index contributed by atoms with van der Waals surface area (Å²) in [6, 6.07) is 1.69. The van der Waals surface area contributed by atoms with Gasteiger partial charge in [0.15, 0.2) is 0 Å². The van der Waals surface area contributed by atoms with E-state index in [1.54, 1.807) is 6.07 Å². The van der Waals surface area contributed by atoms with E-state index in [9.17, 15) is 0 Å². The van der Waals surface area contributed by atoms with Crippen LogP contribution in [0.2, 0.25) is 10.0 Å². The van der Waals surface area contributed by atoms with E-state index in [-0.39, 0.29) is 0 Å². The number of nitrogens with two attached hydrogens (primary N) is 1. The van der Waals surface area contributed by atoms with Crippen LogP contribution in [-0.2, 0) is 0 Å². The van der Waals surface area contributed by atoms with Gasteiger partial charge in [-0.3, -0.25) is 0 Å². The smallest absolute Gasteiger partial charge is 0.149 e. The van der Waals surface area contributed by atoms with E-state index in [2.05, 4.69) is 30.7 Å². The highest BCUT2D eigenvalue weighted by molar-refractivity contribution is 6.37. The minimum absolute atomic E-state index is 0.350. The highest BCUT2D eigenvalue weighted by Gasteiger charge is 2.28. The van der Waals surface area contributed by atoms with Gasteiger partial charge in [0.05, 0.1) is 10.0 Å². The van der Waals surface area contributed by atoms with Gasteiger partial charge in [-0.15, -0.1) is 0 Å². The number of halogens is 2. The lowest BCUT2D eigenvalue weighted by molar-refractivity contribution is 0.220. The zero-order valence-electron chi connectivity index (χ0n) is 12.4. The number of anilines is 2. The van der Waals surface area contributed by atoms with E-state index in [0.29, 0.717) is 21.3 Å². The lowest BCUT2D eigenvalue weighted by Gasteiger charge is -2.30. The Hall–Kier alpha value is -0.670. The number of hydrogen-bond acceptors (Lipinski definition) is 3. The topological polar surface area (TPSA) is 42.2 Å². The Morgan fingerprint density at radius 2 is 1.90 bits per heavy atom. The van der Waals surface area contributed by atoms with Crippen LogP contribution in [0.3, 0.4) is 0 Å². The highest BCUT2D eigenvalue weighted by atomic mass is 35.5. The molecule has 2 N–H and O–H groups in total. The maximum absolute atomic E-state index is 6.27. The molecule has 1 fully saturated rings. The second-order valence-corrected chi connectivity index (χ2v) is 7.46. The predicted octanol–water partition coefficient (Wildman–Crippen LogP) is 4.62. The summed E-state index contributed by atoms with van der Waals surface area (Å²) in [5, 5.41) is 1.000. The third kappa shape index (κ3) is 3.50. The molecular weight excluding hydrogens is 293 g/mol. The minimum Gasteiger partial charge on any atom is -0.382 e. The molecule has 0 saturated carbocycles. The molecule has 5 heteroatoms. The Morgan fingerprint density at radius 3 is 2.55 bits per heavy atom. The lowest BCUT2D eigenvalue weighted by Crippen LogP contribution is -2.27. The van der Waals surface area contributed by atoms with Crippen LogP contribution in [0.5, 0.6) is 0 Å². The normalized spacial score (nSPS) is 20.9. The summed E-state index contributed by atoms with van der Waals surface area (Å²) in [5.41, 5.74) is 6.16. The third-order valence-electron chi connectivity index (χ3n) is 4.19. The molecule has 1 aromatic heterocycles. The van der Waals surface area contributed by atoms with E-state index in [0.717, 1.165) is 37.7 Å². The van der Waals surface area contributed by atoms with Crippen molar-refractivity contribution >= 4 is 34.8 Å². The van der Waals surface area contributed by atoms with Gasteiger partial charge in [-0.25, -0.2) is 4.98 Å². The van der Waals surface area contributed by atoms with Crippen LogP contribution in [0.1, 0.15) is 40.0 Å². The second kappa shape index (κ2) is 5.98. The number of rotatable bonds is 1. The number of hydrogen-bond donors (Lipinski definition) is 1. The van der Waals surface area contributed by atoms with Crippen molar-refractivity contribution in [3.8, 4) is 0 Å². The van der Waals surface area contributed by atoms with Crippen LogP contribution in [0.15, 0.2) is 6.07 Å². The van der Waals surface area contributed by atoms with Gasteiger partial charge >= 0.3 is 0 Å². The number of aromatic nitrogens is 1. The molecule has 2 rings (SSSR count). The summed E-state index contributed by atoms with van der Waals surface area (Å²) in [5.74, 6) is 1.85. The monoisotopic (exact) mass is 315 g/mol. The van der Waals surface area contributed by atoms with Crippen molar-refractivity contribution in [1.82, 2.24) is 4.98 Å². The van der Waals surface area contributed by atoms with Gasteiger partial charge in [0, 0.05) is 13.1 Å². The molecule has 1 unspecified atom stereocenters. The molecule has 2 heterocycles. The van der Waals surface area contributed by atoms with E-state index >= 15 is 0 Å². The number of nitrogen functional groups attached to an aromatic ring is 1. The summed E-state index contributed by atoms with van der Waals surface area (Å²) < 4.78 is 0. The van der Waals surface area contributed by atoms with Gasteiger partial charge in [0.2, 0.25) is 0 Å². The fourth-order valence-electron chi connectivity index (χ4n) is 2.87. The summed E-state index contributed by atoms with van der Waals surface area (Å²) in [6.45, 7) is 8.90. The maximum Gasteiger partial charge on any atom is 0.149 e. The van der Waals surface area contributed by atoms with Gasteiger partial charge in [-0.2, -0.15) is 0 Å². The van der Waals surface area contributed by atoms with Crippen LogP contribution in [0, 0.1) is 11.3 Å². The summed E-state index contributed by atoms with van der Waals surface area (Å²) in [7, 11) is 0. The van der Waals surface area contributed by atoms with E-state index in [4.69, 9.17) is 28.9 Å². The molecule has 0 amide bonds. The molecule has 112 valence electrons. The minimum atomic E-state index is 0.350. The van der Waals surface area contributed by atoms with Crippen molar-refractivity contribution in [3.05, 3.63) is 16.1 Å². The summed E-state index contributed by atoms with van der Waals surface area (Å²) >= 11 is 12.2. The number of pyridine rings is 1. The van der Waals surface area contributed by atoms with Gasteiger partial charge in [-0.1, -0.05) is 44.0 Å². The van der Waals surface area contributed by atoms with Gasteiger partial charge < -0.3 is 10.6 Å². The summed E-state index contributed by atoms with van der Waals surface area (Å²) in [4.78, 5) is 6.60. The molecule has 1 aromatic rings. The Balaban J connectivity index is 2.17. The molecule has 1 atom stereocenters. The molecule has 0 aliphatic carbocycles. The quantitative estimate of drug-likeness (QED) is 0.822. The van der Waals surface area contributed by atoms with Crippen LogP contribution in [0.25, 0.3) is 0 Å². The molecule has 3 nitrogen and oxygen atoms in total. The van der Waals surface area contributed by atoms with Crippen molar-refractivity contribution in [3.63, 3.8) is 0 Å². The molecule has 1 aliphatic heterocycles. The Bertz CT molecular complexity index is 483. The van der Waals surface area contributed by atoms with E-state index < -0.39 is 0 Å². The first kappa shape index (κ1) is 15.7. The van der Waals surface area contributed by atoms with E-state index in [1.165, 1.54) is 6.42 Å². The van der Waals surface area contributed by atoms with E-state index in [1.807, 2.05) is 0 Å². The van der Waals surface area contributed by atoms with Gasteiger partial charge in [0.25, 0.3) is 0 Å². The number of nitrogens with zero attached hydrogens (tertiary/aromatic N) is 2. The van der Waals surface area contributed by atoms with Gasteiger partial charge in [0.1, 0.15) is 11.6 Å². The third-order valence-corrected chi connectivity index (χ3v) is 4.77. The molecule has 1 saturated heterocycles. The summed E-state index contributed by atoms with van der Waals surface area (Å²) in [6.07, 6.45) is 3.56. The first-order valence-electron chi connectivity index (χ1n) is 7.15. The van der Waals surface area contributed by atoms with Crippen molar-refractivity contribution in [2.45, 2.75) is 40.0 Å². The Labute approximate surface area is 131 Å². The van der Waals surface area contributed by atoms with Crippen molar-refractivity contribution in [1.29, 1.82) is 0 Å². The molecular formula is C15H23Cl2N3. The molecule has 1 aliphatic rings. The zero-order valence-corrected chi connectivity index (χ0v) is 13.9.